The first kappa shape index (κ1) is 27.4. The molecule has 1 N–H and O–H groups in total. The van der Waals surface area contributed by atoms with Gasteiger partial charge in [0.2, 0.25) is 5.95 Å². The Morgan fingerprint density at radius 1 is 1.09 bits per heavy atom. The molecule has 0 bridgehead atoms. The van der Waals surface area contributed by atoms with Crippen molar-refractivity contribution in [1.82, 2.24) is 33.9 Å². The quantitative estimate of drug-likeness (QED) is 0.333. The van der Waals surface area contributed by atoms with Gasteiger partial charge in [-0.25, -0.2) is 9.97 Å². The Morgan fingerprint density at radius 2 is 1.95 bits per heavy atom. The molecular formula is C30H34N10O3. The monoisotopic (exact) mass is 582 g/mol. The standard InChI is InChI=1S/C30H34N10O3/c1-37-10-7-24(20-37)43-23-4-2-22(3-5-23)34-30-32-19-21-18-25(28-31-9-11-39(28)26-6-8-33-36-26)29(41)40(27(21)35-30)13-12-38-14-16-42-17-15-38/h2-5,8-9,11,18-19,24H,6-7,10,12-17,20H2,1H3,(H,32,34,35). The van der Waals surface area contributed by atoms with Crippen LogP contribution in [0.5, 0.6) is 5.75 Å². The van der Waals surface area contributed by atoms with Crippen LogP contribution in [0.15, 0.2) is 63.9 Å². The van der Waals surface area contributed by atoms with Gasteiger partial charge >= 0.3 is 0 Å². The fraction of sp³-hybridized carbons (Fsp3) is 0.400. The average Bonchev–Trinajstić information content (AvgIpc) is 3.81. The molecule has 13 heteroatoms. The van der Waals surface area contributed by atoms with Gasteiger partial charge in [0.25, 0.3) is 5.56 Å². The van der Waals surface area contributed by atoms with Crippen molar-refractivity contribution in [3.8, 4) is 17.1 Å². The Bertz CT molecular complexity index is 1720. The van der Waals surface area contributed by atoms with Crippen molar-refractivity contribution in [3.63, 3.8) is 0 Å². The zero-order chi connectivity index (χ0) is 29.2. The number of hydrogen-bond acceptors (Lipinski definition) is 11. The van der Waals surface area contributed by atoms with E-state index in [2.05, 4.69) is 42.3 Å². The number of fused-ring (bicyclic) bond motifs is 1. The number of rotatable bonds is 8. The van der Waals surface area contributed by atoms with E-state index in [1.54, 1.807) is 29.4 Å². The summed E-state index contributed by atoms with van der Waals surface area (Å²) in [7, 11) is 2.11. The maximum atomic E-state index is 14.1. The number of anilines is 2. The molecule has 1 aromatic carbocycles. The third kappa shape index (κ3) is 5.91. The smallest absolute Gasteiger partial charge is 0.263 e. The first-order valence-corrected chi connectivity index (χ1v) is 14.7. The van der Waals surface area contributed by atoms with E-state index in [0.717, 1.165) is 55.3 Å². The van der Waals surface area contributed by atoms with Crippen LogP contribution >= 0.6 is 0 Å². The molecule has 0 radical (unpaired) electrons. The van der Waals surface area contributed by atoms with Gasteiger partial charge in [0.1, 0.15) is 23.3 Å². The Kier molecular flexibility index (Phi) is 7.66. The van der Waals surface area contributed by atoms with Crippen LogP contribution in [0.4, 0.5) is 11.6 Å². The van der Waals surface area contributed by atoms with Crippen LogP contribution in [-0.4, -0.2) is 105 Å². The van der Waals surface area contributed by atoms with Crippen LogP contribution in [0.25, 0.3) is 22.4 Å². The number of aromatic nitrogens is 5. The largest absolute Gasteiger partial charge is 0.489 e. The van der Waals surface area contributed by atoms with Crippen molar-refractivity contribution in [1.29, 1.82) is 0 Å². The van der Waals surface area contributed by atoms with Crippen LogP contribution in [0.3, 0.4) is 0 Å². The maximum Gasteiger partial charge on any atom is 0.263 e. The summed E-state index contributed by atoms with van der Waals surface area (Å²) in [6, 6.07) is 9.62. The molecule has 43 heavy (non-hydrogen) atoms. The SMILES string of the molecule is CN1CCC(Oc2ccc(Nc3ncc4cc(-c5nccn5C5=NN=CC5)c(=O)n(CCN5CCOCC5)c4n3)cc2)C1. The summed E-state index contributed by atoms with van der Waals surface area (Å²) in [4.78, 5) is 32.6. The molecule has 0 saturated carbocycles. The summed E-state index contributed by atoms with van der Waals surface area (Å²) in [6.07, 6.45) is 8.77. The number of nitrogens with one attached hydrogen (secondary N) is 1. The van der Waals surface area contributed by atoms with Crippen molar-refractivity contribution >= 4 is 34.7 Å². The minimum absolute atomic E-state index is 0.170. The highest BCUT2D eigenvalue weighted by Crippen LogP contribution is 2.24. The normalized spacial score (nSPS) is 19.3. The topological polar surface area (TPSA) is 127 Å². The van der Waals surface area contributed by atoms with E-state index in [1.807, 2.05) is 34.9 Å². The number of nitrogens with zero attached hydrogens (tertiary/aromatic N) is 9. The van der Waals surface area contributed by atoms with Crippen LogP contribution in [0, 0.1) is 0 Å². The lowest BCUT2D eigenvalue weighted by Crippen LogP contribution is -2.39. The minimum Gasteiger partial charge on any atom is -0.489 e. The first-order valence-electron chi connectivity index (χ1n) is 14.7. The average molecular weight is 583 g/mol. The van der Waals surface area contributed by atoms with Crippen LogP contribution < -0.4 is 15.6 Å². The molecule has 13 nitrogen and oxygen atoms in total. The third-order valence-electron chi connectivity index (χ3n) is 8.02. The number of hydrogen-bond donors (Lipinski definition) is 1. The van der Waals surface area contributed by atoms with E-state index < -0.39 is 0 Å². The lowest BCUT2D eigenvalue weighted by Gasteiger charge is -2.27. The molecule has 0 spiro atoms. The second-order valence-electron chi connectivity index (χ2n) is 11.0. The number of imidazole rings is 1. The summed E-state index contributed by atoms with van der Waals surface area (Å²) in [5.41, 5.74) is 1.68. The Hall–Kier alpha value is -4.46. The number of ether oxygens (including phenoxy) is 2. The van der Waals surface area contributed by atoms with Gasteiger partial charge in [-0.1, -0.05) is 0 Å². The van der Waals surface area contributed by atoms with Gasteiger partial charge in [-0.15, -0.1) is 5.10 Å². The molecule has 3 aromatic heterocycles. The van der Waals surface area contributed by atoms with E-state index >= 15 is 0 Å². The van der Waals surface area contributed by atoms with Gasteiger partial charge in [-0.05, 0) is 43.8 Å². The van der Waals surface area contributed by atoms with Gasteiger partial charge in [-0.2, -0.15) is 10.1 Å². The molecule has 222 valence electrons. The van der Waals surface area contributed by atoms with Crippen LogP contribution in [0.1, 0.15) is 12.8 Å². The fourth-order valence-electron chi connectivity index (χ4n) is 5.71. The number of likely N-dealkylation sites (tertiary alicyclic amines) is 1. The molecule has 2 saturated heterocycles. The summed E-state index contributed by atoms with van der Waals surface area (Å²) in [5, 5.41) is 12.2. The molecule has 2 fully saturated rings. The zero-order valence-electron chi connectivity index (χ0n) is 24.1. The van der Waals surface area contributed by atoms with Crippen LogP contribution in [0.2, 0.25) is 0 Å². The molecule has 0 aliphatic carbocycles. The summed E-state index contributed by atoms with van der Waals surface area (Å²) < 4.78 is 15.2. The summed E-state index contributed by atoms with van der Waals surface area (Å²) in [6.45, 7) is 6.19. The molecular weight excluding hydrogens is 548 g/mol. The number of likely N-dealkylation sites (N-methyl/N-ethyl adjacent to an activating group) is 1. The van der Waals surface area contributed by atoms with E-state index in [0.29, 0.717) is 55.7 Å². The molecule has 3 aliphatic rings. The van der Waals surface area contributed by atoms with Crippen molar-refractivity contribution in [3.05, 3.63) is 59.3 Å². The number of morpholine rings is 1. The highest BCUT2D eigenvalue weighted by molar-refractivity contribution is 6.00. The second kappa shape index (κ2) is 12.0. The lowest BCUT2D eigenvalue weighted by atomic mass is 10.2. The Morgan fingerprint density at radius 3 is 2.72 bits per heavy atom. The Balaban J connectivity index is 1.19. The van der Waals surface area contributed by atoms with Gasteiger partial charge in [-0.3, -0.25) is 18.8 Å². The van der Waals surface area contributed by atoms with E-state index in [9.17, 15) is 4.79 Å². The number of benzene rings is 1. The second-order valence-corrected chi connectivity index (χ2v) is 11.0. The summed E-state index contributed by atoms with van der Waals surface area (Å²) >= 11 is 0. The van der Waals surface area contributed by atoms with Crippen molar-refractivity contribution < 1.29 is 9.47 Å². The van der Waals surface area contributed by atoms with E-state index in [-0.39, 0.29) is 11.7 Å². The molecule has 1 atom stereocenters. The van der Waals surface area contributed by atoms with Crippen molar-refractivity contribution in [2.24, 2.45) is 10.2 Å². The van der Waals surface area contributed by atoms with E-state index in [4.69, 9.17) is 14.5 Å². The zero-order valence-corrected chi connectivity index (χ0v) is 24.1. The third-order valence-corrected chi connectivity index (χ3v) is 8.02. The van der Waals surface area contributed by atoms with Crippen LogP contribution in [-0.2, 0) is 11.3 Å². The fourth-order valence-corrected chi connectivity index (χ4v) is 5.71. The van der Waals surface area contributed by atoms with Gasteiger partial charge in [0, 0.05) is 81.6 Å². The molecule has 3 aliphatic heterocycles. The molecule has 1 unspecified atom stereocenters. The Labute approximate surface area is 248 Å². The minimum atomic E-state index is -0.170. The molecule has 6 heterocycles. The summed E-state index contributed by atoms with van der Waals surface area (Å²) in [5.74, 6) is 2.48. The highest BCUT2D eigenvalue weighted by atomic mass is 16.5. The predicted molar refractivity (Wildman–Crippen MR) is 164 cm³/mol. The van der Waals surface area contributed by atoms with Gasteiger partial charge in [0.05, 0.1) is 18.8 Å². The predicted octanol–water partition coefficient (Wildman–Crippen LogP) is 2.45. The molecule has 7 rings (SSSR count). The van der Waals surface area contributed by atoms with Crippen molar-refractivity contribution in [2.45, 2.75) is 25.5 Å². The molecule has 4 aromatic rings. The van der Waals surface area contributed by atoms with Crippen molar-refractivity contribution in [2.75, 3.05) is 58.3 Å². The highest BCUT2D eigenvalue weighted by Gasteiger charge is 2.22. The maximum absolute atomic E-state index is 14.1. The molecule has 0 amide bonds. The first-order chi connectivity index (χ1) is 21.1. The van der Waals surface area contributed by atoms with Gasteiger partial charge in [0.15, 0.2) is 5.82 Å². The number of pyridine rings is 1. The lowest BCUT2D eigenvalue weighted by molar-refractivity contribution is 0.0364. The van der Waals surface area contributed by atoms with E-state index in [1.165, 1.54) is 0 Å². The van der Waals surface area contributed by atoms with Gasteiger partial charge < -0.3 is 19.7 Å².